The third-order valence-electron chi connectivity index (χ3n) is 4.97. The zero-order chi connectivity index (χ0) is 24.3. The summed E-state index contributed by atoms with van der Waals surface area (Å²) in [6.07, 6.45) is 8.13. The maximum Gasteiger partial charge on any atom is 0.217 e. The monoisotopic (exact) mass is 475 g/mol. The number of rotatable bonds is 18. The van der Waals surface area contributed by atoms with Crippen molar-refractivity contribution in [1.82, 2.24) is 0 Å². The number of hydrogen-bond donors (Lipinski definition) is 5. The third-order valence-corrected chi connectivity index (χ3v) is 5.38. The van der Waals surface area contributed by atoms with Crippen molar-refractivity contribution in [3.8, 4) is 0 Å². The van der Waals surface area contributed by atoms with Gasteiger partial charge in [-0.15, -0.1) is 0 Å². The fraction of sp³-hybridized carbons (Fsp3) is 1.00. The van der Waals surface area contributed by atoms with E-state index in [4.69, 9.17) is 10.2 Å². The van der Waals surface area contributed by atoms with E-state index >= 15 is 0 Å². The Morgan fingerprint density at radius 1 is 0.806 bits per heavy atom. The van der Waals surface area contributed by atoms with E-state index in [0.29, 0.717) is 13.0 Å². The van der Waals surface area contributed by atoms with Crippen LogP contribution >= 0.6 is 0 Å². The Kier molecular flexibility index (Phi) is 20.2. The molecule has 0 heterocycles. The molecule has 0 spiro atoms. The first-order valence-corrected chi connectivity index (χ1v) is 12.4. The molecule has 0 radical (unpaired) electrons. The molecule has 0 amide bonds. The zero-order valence-electron chi connectivity index (χ0n) is 19.4. The smallest absolute Gasteiger partial charge is 0.217 e. The van der Waals surface area contributed by atoms with E-state index in [-0.39, 0.29) is 30.8 Å². The summed E-state index contributed by atoms with van der Waals surface area (Å²) in [7, 11) is -1.78. The van der Waals surface area contributed by atoms with Crippen LogP contribution in [0.2, 0.25) is 0 Å². The van der Waals surface area contributed by atoms with Crippen molar-refractivity contribution in [3.63, 3.8) is 0 Å². The summed E-state index contributed by atoms with van der Waals surface area (Å²) in [5, 5.41) is 47.9. The molecule has 0 aromatic carbocycles. The Hall–Kier alpha value is -0.370. The second-order valence-electron chi connectivity index (χ2n) is 8.33. The molecule has 0 saturated heterocycles. The molecular weight excluding hydrogens is 430 g/mol. The molecule has 0 aliphatic carbocycles. The topological polar surface area (TPSA) is 168 Å². The van der Waals surface area contributed by atoms with Crippen LogP contribution in [0.3, 0.4) is 0 Å². The van der Waals surface area contributed by atoms with E-state index in [1.54, 1.807) is 0 Å². The molecule has 31 heavy (non-hydrogen) atoms. The summed E-state index contributed by atoms with van der Waals surface area (Å²) < 4.78 is 31.2. The van der Waals surface area contributed by atoms with Crippen LogP contribution in [0.1, 0.15) is 64.7 Å². The van der Waals surface area contributed by atoms with Gasteiger partial charge in [0.1, 0.15) is 37.9 Å². The van der Waals surface area contributed by atoms with Gasteiger partial charge < -0.3 is 34.6 Å². The standard InChI is InChI=1S/C19H42NO5.CH4O4S/c1-3-4-5-6-7-8-9-10-11-17(23)12-20(2,13-18(24)15-21)14-19(25)16-22;1-5-6(2,3)4/h17-19,21-25H,3-16H2,1-2H3;1H3,(H,2,3,4)/q+1;/p-1. The average molecular weight is 476 g/mol. The van der Waals surface area contributed by atoms with Crippen LogP contribution in [0.5, 0.6) is 0 Å². The zero-order valence-corrected chi connectivity index (χ0v) is 20.2. The van der Waals surface area contributed by atoms with Crippen molar-refractivity contribution in [3.05, 3.63) is 0 Å². The van der Waals surface area contributed by atoms with E-state index in [9.17, 15) is 28.3 Å². The van der Waals surface area contributed by atoms with E-state index < -0.39 is 28.7 Å². The van der Waals surface area contributed by atoms with Gasteiger partial charge in [-0.2, -0.15) is 0 Å². The lowest BCUT2D eigenvalue weighted by molar-refractivity contribution is -0.918. The van der Waals surface area contributed by atoms with Crippen molar-refractivity contribution in [1.29, 1.82) is 0 Å². The molecule has 0 aliphatic heterocycles. The van der Waals surface area contributed by atoms with Gasteiger partial charge in [-0.05, 0) is 6.42 Å². The number of hydrogen-bond acceptors (Lipinski definition) is 9. The van der Waals surface area contributed by atoms with Crippen molar-refractivity contribution in [2.24, 2.45) is 0 Å². The lowest BCUT2D eigenvalue weighted by Gasteiger charge is -2.38. The number of likely N-dealkylation sites (N-methyl/N-ethyl adjacent to an activating group) is 1. The van der Waals surface area contributed by atoms with Gasteiger partial charge in [0, 0.05) is 0 Å². The summed E-state index contributed by atoms with van der Waals surface area (Å²) >= 11 is 0. The second-order valence-corrected chi connectivity index (χ2v) is 9.48. The summed E-state index contributed by atoms with van der Waals surface area (Å²) in [5.41, 5.74) is 0. The van der Waals surface area contributed by atoms with Crippen LogP contribution in [0.25, 0.3) is 0 Å². The van der Waals surface area contributed by atoms with Crippen LogP contribution in [0.15, 0.2) is 0 Å². The van der Waals surface area contributed by atoms with Crippen LogP contribution in [0, 0.1) is 0 Å². The lowest BCUT2D eigenvalue weighted by atomic mass is 10.0. The largest absolute Gasteiger partial charge is 0.726 e. The van der Waals surface area contributed by atoms with E-state index in [2.05, 4.69) is 11.1 Å². The predicted molar refractivity (Wildman–Crippen MR) is 117 cm³/mol. The molecule has 5 N–H and O–H groups in total. The SMILES string of the molecule is CCCCCCCCCCC(O)C[N+](C)(CC(O)CO)CC(O)CO.COS(=O)(=O)[O-]. The van der Waals surface area contributed by atoms with Crippen molar-refractivity contribution in [2.75, 3.05) is 47.0 Å². The molecular formula is C20H45NO9S. The maximum absolute atomic E-state index is 10.3. The number of nitrogens with zero attached hydrogens (tertiary/aromatic N) is 1. The molecule has 0 aromatic rings. The Morgan fingerprint density at radius 2 is 1.16 bits per heavy atom. The summed E-state index contributed by atoms with van der Waals surface area (Å²) in [6, 6.07) is 0. The second kappa shape index (κ2) is 19.1. The van der Waals surface area contributed by atoms with Crippen LogP contribution in [-0.2, 0) is 14.6 Å². The third kappa shape index (κ3) is 22.6. The van der Waals surface area contributed by atoms with Crippen molar-refractivity contribution in [2.45, 2.75) is 83.0 Å². The molecule has 0 aromatic heterocycles. The van der Waals surface area contributed by atoms with Gasteiger partial charge in [0.05, 0.1) is 27.4 Å². The minimum Gasteiger partial charge on any atom is -0.726 e. The Balaban J connectivity index is 0. The van der Waals surface area contributed by atoms with Crippen LogP contribution in [0.4, 0.5) is 0 Å². The maximum atomic E-state index is 10.3. The lowest BCUT2D eigenvalue weighted by Crippen LogP contribution is -2.57. The number of aliphatic hydroxyl groups excluding tert-OH is 5. The molecule has 3 unspecified atom stereocenters. The van der Waals surface area contributed by atoms with Gasteiger partial charge in [0.15, 0.2) is 0 Å². The Labute approximate surface area is 188 Å². The predicted octanol–water partition coefficient (Wildman–Crippen LogP) is 0.124. The Bertz CT molecular complexity index is 493. The van der Waals surface area contributed by atoms with E-state index in [1.807, 2.05) is 7.05 Å². The summed E-state index contributed by atoms with van der Waals surface area (Å²) in [5.74, 6) is 0. The summed E-state index contributed by atoms with van der Waals surface area (Å²) in [6.45, 7) is 2.38. The minimum atomic E-state index is -4.41. The Morgan fingerprint density at radius 3 is 1.52 bits per heavy atom. The molecule has 0 fully saturated rings. The first-order valence-electron chi connectivity index (χ1n) is 11.0. The van der Waals surface area contributed by atoms with Gasteiger partial charge in [0.25, 0.3) is 0 Å². The van der Waals surface area contributed by atoms with E-state index in [0.717, 1.165) is 20.0 Å². The molecule has 0 bridgehead atoms. The van der Waals surface area contributed by atoms with Crippen molar-refractivity contribution < 1.29 is 47.2 Å². The van der Waals surface area contributed by atoms with Gasteiger partial charge in [-0.25, -0.2) is 8.42 Å². The number of quaternary nitrogens is 1. The fourth-order valence-electron chi connectivity index (χ4n) is 3.47. The normalized spacial score (nSPS) is 16.7. The van der Waals surface area contributed by atoms with Gasteiger partial charge in [0.2, 0.25) is 10.4 Å². The quantitative estimate of drug-likeness (QED) is 0.0800. The first-order chi connectivity index (χ1) is 14.4. The number of unbranched alkanes of at least 4 members (excludes halogenated alkanes) is 7. The highest BCUT2D eigenvalue weighted by atomic mass is 32.3. The molecule has 0 saturated carbocycles. The minimum absolute atomic E-state index is 0.224. The van der Waals surface area contributed by atoms with Gasteiger partial charge >= 0.3 is 0 Å². The van der Waals surface area contributed by atoms with E-state index in [1.165, 1.54) is 38.5 Å². The van der Waals surface area contributed by atoms with Crippen LogP contribution in [-0.4, -0.2) is 108 Å². The van der Waals surface area contributed by atoms with Gasteiger partial charge in [-0.1, -0.05) is 58.3 Å². The average Bonchev–Trinajstić information content (AvgIpc) is 2.69. The molecule has 11 heteroatoms. The molecule has 10 nitrogen and oxygen atoms in total. The highest BCUT2D eigenvalue weighted by Gasteiger charge is 2.30. The molecule has 0 aliphatic rings. The molecule has 190 valence electrons. The molecule has 3 atom stereocenters. The van der Waals surface area contributed by atoms with Crippen LogP contribution < -0.4 is 0 Å². The first kappa shape index (κ1) is 32.8. The van der Waals surface area contributed by atoms with Gasteiger partial charge in [-0.3, -0.25) is 4.18 Å². The number of aliphatic hydroxyl groups is 5. The molecule has 0 rings (SSSR count). The van der Waals surface area contributed by atoms with Crippen molar-refractivity contribution >= 4 is 10.4 Å². The fourth-order valence-corrected chi connectivity index (χ4v) is 3.47. The highest BCUT2D eigenvalue weighted by Crippen LogP contribution is 2.14. The highest BCUT2D eigenvalue weighted by molar-refractivity contribution is 7.80. The summed E-state index contributed by atoms with van der Waals surface area (Å²) in [4.78, 5) is 0.